The van der Waals surface area contributed by atoms with Crippen molar-refractivity contribution in [1.82, 2.24) is 0 Å². The Labute approximate surface area is 369 Å². The predicted octanol–water partition coefficient (Wildman–Crippen LogP) is 8.54. The fraction of sp³-hybridized carbons (Fsp3) is 0.453. The third kappa shape index (κ3) is 9.17. The van der Waals surface area contributed by atoms with Gasteiger partial charge in [-0.2, -0.15) is 0 Å². The quantitative estimate of drug-likeness (QED) is 0.0350. The van der Waals surface area contributed by atoms with E-state index in [-0.39, 0.29) is 17.8 Å². The number of cyclic esters (lactones) is 1. The molecule has 0 amide bonds. The van der Waals surface area contributed by atoms with E-state index in [4.69, 9.17) is 28.1 Å². The van der Waals surface area contributed by atoms with Crippen LogP contribution in [0.15, 0.2) is 138 Å². The van der Waals surface area contributed by atoms with Crippen molar-refractivity contribution in [3.05, 3.63) is 144 Å². The highest BCUT2D eigenvalue weighted by Crippen LogP contribution is 2.57. The highest BCUT2D eigenvalue weighted by Gasteiger charge is 2.58. The lowest BCUT2D eigenvalue weighted by Gasteiger charge is -2.50. The zero-order chi connectivity index (χ0) is 43.2. The van der Waals surface area contributed by atoms with Crippen LogP contribution < -0.4 is 20.3 Å². The average molecular weight is 857 g/mol. The number of carbonyl (C=O) groups excluding carboxylic acids is 1. The van der Waals surface area contributed by atoms with E-state index in [0.29, 0.717) is 50.4 Å². The number of hydrogen-bond donors (Lipinski definition) is 1. The second-order valence-electron chi connectivity index (χ2n) is 18.2. The summed E-state index contributed by atoms with van der Waals surface area (Å²) in [4.78, 5) is 13.9. The molecule has 0 aromatic heterocycles. The minimum Gasteiger partial charge on any atom is -0.497 e. The molecule has 1 fully saturated rings. The maximum Gasteiger partial charge on any atom is 0.336 e. The fourth-order valence-corrected chi connectivity index (χ4v) is 14.4. The van der Waals surface area contributed by atoms with Crippen molar-refractivity contribution in [3.8, 4) is 5.75 Å². The van der Waals surface area contributed by atoms with Crippen molar-refractivity contribution < 1.29 is 38.0 Å². The van der Waals surface area contributed by atoms with Gasteiger partial charge in [0.25, 0.3) is 8.32 Å². The van der Waals surface area contributed by atoms with Crippen molar-refractivity contribution in [2.75, 3.05) is 26.9 Å². The molecule has 1 spiro atoms. The first kappa shape index (κ1) is 44.3. The normalized spacial score (nSPS) is 24.0. The Morgan fingerprint density at radius 3 is 1.92 bits per heavy atom. The van der Waals surface area contributed by atoms with Gasteiger partial charge in [-0.3, -0.25) is 0 Å². The number of carbonyl (C=O) groups is 1. The predicted molar refractivity (Wildman–Crippen MR) is 245 cm³/mol. The van der Waals surface area contributed by atoms with Crippen molar-refractivity contribution in [3.63, 3.8) is 0 Å². The lowest BCUT2D eigenvalue weighted by atomic mass is 9.62. The van der Waals surface area contributed by atoms with Gasteiger partial charge in [0.05, 0.1) is 33.0 Å². The monoisotopic (exact) mass is 856 g/mol. The number of allylic oxidation sites excluding steroid dienone is 1. The Balaban J connectivity index is 1.22. The summed E-state index contributed by atoms with van der Waals surface area (Å²) in [5.74, 6) is -0.731. The number of aliphatic hydroxyl groups is 1. The highest BCUT2D eigenvalue weighted by molar-refractivity contribution is 7.07. The molecule has 5 atom stereocenters. The molecule has 8 nitrogen and oxygen atoms in total. The zero-order valence-corrected chi connectivity index (χ0v) is 37.9. The topological polar surface area (TPSA) is 92.7 Å². The van der Waals surface area contributed by atoms with Crippen molar-refractivity contribution in [1.29, 1.82) is 0 Å². The first-order valence-corrected chi connectivity index (χ1v) is 24.8. The van der Waals surface area contributed by atoms with E-state index in [0.717, 1.165) is 36.1 Å². The van der Waals surface area contributed by atoms with Crippen LogP contribution in [0.2, 0.25) is 0 Å². The van der Waals surface area contributed by atoms with Crippen LogP contribution >= 0.6 is 0 Å². The average Bonchev–Trinajstić information content (AvgIpc) is 3.53. The molecule has 0 saturated carbocycles. The summed E-state index contributed by atoms with van der Waals surface area (Å²) in [6.45, 7) is 7.64. The number of rotatable bonds is 18. The number of fused-ring (bicyclic) bond motifs is 4. The smallest absolute Gasteiger partial charge is 0.336 e. The van der Waals surface area contributed by atoms with Gasteiger partial charge in [-0.05, 0) is 83.8 Å². The Morgan fingerprint density at radius 2 is 1.34 bits per heavy atom. The molecular weight excluding hydrogens is 793 g/mol. The third-order valence-corrected chi connectivity index (χ3v) is 17.9. The molecule has 0 radical (unpaired) electrons. The van der Waals surface area contributed by atoms with Crippen LogP contribution in [0.1, 0.15) is 84.1 Å². The molecule has 2 heterocycles. The number of unbranched alkanes of at least 4 members (excludes halogenated alkanes) is 5. The molecule has 1 saturated heterocycles. The number of aliphatic hydroxyl groups excluding tert-OH is 1. The molecule has 2 bridgehead atoms. The van der Waals surface area contributed by atoms with Crippen LogP contribution in [-0.4, -0.2) is 64.5 Å². The van der Waals surface area contributed by atoms with E-state index in [9.17, 15) is 9.90 Å². The Bertz CT molecular complexity index is 2050. The molecule has 62 heavy (non-hydrogen) atoms. The highest BCUT2D eigenvalue weighted by atomic mass is 28.4. The van der Waals surface area contributed by atoms with E-state index in [1.165, 1.54) is 41.2 Å². The van der Waals surface area contributed by atoms with Gasteiger partial charge in [-0.25, -0.2) is 4.79 Å². The van der Waals surface area contributed by atoms with Gasteiger partial charge < -0.3 is 33.2 Å². The molecular formula is C53H64O8Si. The van der Waals surface area contributed by atoms with Gasteiger partial charge in [-0.15, -0.1) is 0 Å². The molecule has 4 aliphatic rings. The van der Waals surface area contributed by atoms with Gasteiger partial charge >= 0.3 is 5.97 Å². The van der Waals surface area contributed by atoms with Crippen LogP contribution in [0, 0.1) is 23.2 Å². The van der Waals surface area contributed by atoms with Gasteiger partial charge in [-0.1, -0.05) is 155 Å². The largest absolute Gasteiger partial charge is 0.497 e. The van der Waals surface area contributed by atoms with Gasteiger partial charge in [0.2, 0.25) is 6.29 Å². The van der Waals surface area contributed by atoms with Crippen molar-refractivity contribution >= 4 is 29.8 Å². The summed E-state index contributed by atoms with van der Waals surface area (Å²) >= 11 is 0. The zero-order valence-electron chi connectivity index (χ0n) is 36.9. The minimum absolute atomic E-state index is 0.0320. The summed E-state index contributed by atoms with van der Waals surface area (Å²) in [5.41, 5.74) is 2.60. The second-order valence-corrected chi connectivity index (χ2v) is 21.5. The number of ether oxygens (including phenoxy) is 5. The Hall–Kier alpha value is -4.35. The van der Waals surface area contributed by atoms with Gasteiger partial charge in [0, 0.05) is 29.1 Å². The van der Waals surface area contributed by atoms with Crippen LogP contribution in [0.4, 0.5) is 0 Å². The maximum absolute atomic E-state index is 13.9. The molecule has 2 aliphatic carbocycles. The van der Waals surface area contributed by atoms with E-state index in [1.54, 1.807) is 7.11 Å². The number of esters is 1. The summed E-state index contributed by atoms with van der Waals surface area (Å²) in [7, 11) is -1.36. The Morgan fingerprint density at radius 1 is 0.758 bits per heavy atom. The lowest BCUT2D eigenvalue weighted by molar-refractivity contribution is -0.280. The van der Waals surface area contributed by atoms with Gasteiger partial charge in [0.1, 0.15) is 5.75 Å². The summed E-state index contributed by atoms with van der Waals surface area (Å²) < 4.78 is 39.0. The van der Waals surface area contributed by atoms with Crippen LogP contribution in [0.3, 0.4) is 0 Å². The van der Waals surface area contributed by atoms with Crippen LogP contribution in [-0.2, 0) is 34.8 Å². The Kier molecular flexibility index (Phi) is 14.0. The maximum atomic E-state index is 13.9. The molecule has 2 aliphatic heterocycles. The van der Waals surface area contributed by atoms with E-state index in [2.05, 4.69) is 104 Å². The van der Waals surface area contributed by atoms with Gasteiger partial charge in [0.15, 0.2) is 5.79 Å². The molecule has 8 rings (SSSR count). The SMILES string of the molecule is CCCCCCCC[C@@H]1C=C2[C@H](OCc3ccc(OC)cc3)[C@H](C3=C(CC24COC(C)(C)OC4)C(=O)O[C@@H]3O)[C@H]1CCO[Si](c1ccccc1)(c1ccccc1)c1ccccc1. The first-order chi connectivity index (χ1) is 30.2. The van der Waals surface area contributed by atoms with Crippen molar-refractivity contribution in [2.24, 2.45) is 23.2 Å². The molecule has 4 aromatic rings. The van der Waals surface area contributed by atoms with E-state index in [1.807, 2.05) is 38.1 Å². The fourth-order valence-electron chi connectivity index (χ4n) is 10.5. The minimum atomic E-state index is -3.03. The number of hydrogen-bond acceptors (Lipinski definition) is 8. The number of benzene rings is 4. The second kappa shape index (κ2) is 19.6. The summed E-state index contributed by atoms with van der Waals surface area (Å²) in [6.07, 6.45) is 9.77. The summed E-state index contributed by atoms with van der Waals surface area (Å²) in [6, 6.07) is 40.0. The van der Waals surface area contributed by atoms with E-state index < -0.39 is 37.9 Å². The molecule has 4 aromatic carbocycles. The summed E-state index contributed by atoms with van der Waals surface area (Å²) in [5, 5.41) is 15.4. The molecule has 328 valence electrons. The molecule has 1 N–H and O–H groups in total. The standard InChI is InChI=1S/C53H64O8Si/c1-5-6-7-8-9-13-20-39-33-46-49(57-35-38-27-29-40(56-4)30-28-38)47(48-45(50(54)61-51(48)55)34-53(46)36-58-52(2,3)59-37-53)44(39)31-32-60-62(41-21-14-10-15-22-41,42-23-16-11-17-24-42)43-25-18-12-19-26-43/h10-12,14-19,21-30,33,39,44,47,49,51,55H,5-9,13,20,31-32,34-37H2,1-4H3/t39-,44+,47+,49+,51+/m1/s1. The van der Waals surface area contributed by atoms with Crippen molar-refractivity contribution in [2.45, 2.75) is 103 Å². The molecule has 9 heteroatoms. The van der Waals surface area contributed by atoms with Crippen LogP contribution in [0.25, 0.3) is 0 Å². The lowest BCUT2D eigenvalue weighted by Crippen LogP contribution is -2.69. The van der Waals surface area contributed by atoms with Crippen LogP contribution in [0.5, 0.6) is 5.75 Å². The number of methoxy groups -OCH3 is 1. The van der Waals surface area contributed by atoms with E-state index >= 15 is 0 Å². The molecule has 0 unspecified atom stereocenters. The third-order valence-electron chi connectivity index (χ3n) is 13.8. The first-order valence-electron chi connectivity index (χ1n) is 22.9.